The second-order valence-electron chi connectivity index (χ2n) is 10.5. The van der Waals surface area contributed by atoms with Gasteiger partial charge in [-0.2, -0.15) is 0 Å². The van der Waals surface area contributed by atoms with Crippen molar-refractivity contribution in [2.45, 2.75) is 40.2 Å². The molecule has 0 bridgehead atoms. The first-order chi connectivity index (χ1) is 20.1. The predicted molar refractivity (Wildman–Crippen MR) is 161 cm³/mol. The highest BCUT2D eigenvalue weighted by Gasteiger charge is 2.22. The van der Waals surface area contributed by atoms with Gasteiger partial charge in [-0.3, -0.25) is 9.69 Å². The van der Waals surface area contributed by atoms with Crippen molar-refractivity contribution in [2.24, 2.45) is 15.7 Å². The number of nitrogens with two attached hydrogens (primary N) is 1. The predicted octanol–water partition coefficient (Wildman–Crippen LogP) is 4.59. The lowest BCUT2D eigenvalue weighted by atomic mass is 10.1. The molecule has 0 atom stereocenters. The number of fused-ring (bicyclic) bond motifs is 1. The molecule has 42 heavy (non-hydrogen) atoms. The normalized spacial score (nSPS) is 15.8. The lowest BCUT2D eigenvalue weighted by Crippen LogP contribution is -2.36. The monoisotopic (exact) mass is 580 g/mol. The Hall–Kier alpha value is -4.03. The van der Waals surface area contributed by atoms with Gasteiger partial charge in [-0.25, -0.2) is 28.7 Å². The fraction of sp³-hybridized carbons (Fsp3) is 0.433. The number of carbonyl (C=O) groups is 1. The van der Waals surface area contributed by atoms with Crippen molar-refractivity contribution in [1.29, 1.82) is 0 Å². The molecule has 0 saturated carbocycles. The molecule has 0 unspecified atom stereocenters. The third kappa shape index (κ3) is 6.88. The Labute approximate surface area is 244 Å². The third-order valence-corrected chi connectivity index (χ3v) is 7.24. The van der Waals surface area contributed by atoms with Crippen LogP contribution in [0.25, 0.3) is 16.7 Å². The van der Waals surface area contributed by atoms with Crippen LogP contribution in [0.2, 0.25) is 0 Å². The summed E-state index contributed by atoms with van der Waals surface area (Å²) >= 11 is 0. The summed E-state index contributed by atoms with van der Waals surface area (Å²) < 4.78 is 37.5. The Morgan fingerprint density at radius 3 is 2.64 bits per heavy atom. The van der Waals surface area contributed by atoms with Crippen molar-refractivity contribution >= 4 is 41.0 Å². The number of hydrogen-bond acceptors (Lipinski definition) is 7. The highest BCUT2D eigenvalue weighted by molar-refractivity contribution is 5.96. The van der Waals surface area contributed by atoms with Gasteiger partial charge >= 0.3 is 0 Å². The van der Waals surface area contributed by atoms with Gasteiger partial charge < -0.3 is 19.9 Å². The van der Waals surface area contributed by atoms with E-state index < -0.39 is 11.6 Å². The molecule has 1 saturated heterocycles. The number of pyridine rings is 1. The summed E-state index contributed by atoms with van der Waals surface area (Å²) in [5, 5.41) is 0. The van der Waals surface area contributed by atoms with Crippen molar-refractivity contribution in [1.82, 2.24) is 24.3 Å². The van der Waals surface area contributed by atoms with E-state index in [4.69, 9.17) is 10.5 Å². The van der Waals surface area contributed by atoms with Crippen LogP contribution in [-0.4, -0.2) is 89.2 Å². The number of allylic oxidation sites excluding steroid dienone is 1. The summed E-state index contributed by atoms with van der Waals surface area (Å²) in [5.41, 5.74) is 7.21. The number of hydrogen-bond donors (Lipinski definition) is 1. The molecule has 0 aliphatic carbocycles. The molecule has 3 heterocycles. The zero-order valence-corrected chi connectivity index (χ0v) is 24.8. The molecular formula is C30H38F2N8O2. The van der Waals surface area contributed by atoms with E-state index in [1.165, 1.54) is 6.07 Å². The number of aliphatic imine (C=N–C) groups is 2. The maximum Gasteiger partial charge on any atom is 0.255 e. The highest BCUT2D eigenvalue weighted by Crippen LogP contribution is 2.29. The van der Waals surface area contributed by atoms with Gasteiger partial charge in [0.25, 0.3) is 5.91 Å². The van der Waals surface area contributed by atoms with Crippen LogP contribution in [-0.2, 0) is 4.74 Å². The molecular weight excluding hydrogens is 542 g/mol. The van der Waals surface area contributed by atoms with Crippen molar-refractivity contribution < 1.29 is 18.3 Å². The summed E-state index contributed by atoms with van der Waals surface area (Å²) in [6.07, 6.45) is 2.78. The van der Waals surface area contributed by atoms with E-state index in [0.717, 1.165) is 38.6 Å². The van der Waals surface area contributed by atoms with E-state index >= 15 is 8.78 Å². The highest BCUT2D eigenvalue weighted by atomic mass is 19.1. The average Bonchev–Trinajstić information content (AvgIpc) is 3.13. The smallest absolute Gasteiger partial charge is 0.255 e. The van der Waals surface area contributed by atoms with Gasteiger partial charge in [0, 0.05) is 44.9 Å². The molecule has 12 heteroatoms. The second-order valence-corrected chi connectivity index (χ2v) is 10.5. The van der Waals surface area contributed by atoms with Crippen LogP contribution in [0.3, 0.4) is 0 Å². The van der Waals surface area contributed by atoms with Gasteiger partial charge in [0.15, 0.2) is 17.5 Å². The minimum atomic E-state index is -0.829. The Morgan fingerprint density at radius 2 is 1.95 bits per heavy atom. The fourth-order valence-corrected chi connectivity index (χ4v) is 5.22. The van der Waals surface area contributed by atoms with Gasteiger partial charge in [-0.15, -0.1) is 0 Å². The van der Waals surface area contributed by atoms with Crippen LogP contribution in [0.5, 0.6) is 0 Å². The molecule has 1 amide bonds. The maximum atomic E-state index is 15.4. The third-order valence-electron chi connectivity index (χ3n) is 7.24. The molecule has 0 radical (unpaired) electrons. The molecule has 2 aromatic heterocycles. The van der Waals surface area contributed by atoms with Gasteiger partial charge in [0.2, 0.25) is 0 Å². The number of ether oxygens (including phenoxy) is 1. The van der Waals surface area contributed by atoms with Crippen molar-refractivity contribution in [3.05, 3.63) is 58.6 Å². The van der Waals surface area contributed by atoms with Gasteiger partial charge in [0.05, 0.1) is 35.9 Å². The average molecular weight is 581 g/mol. The minimum Gasteiger partial charge on any atom is -0.390 e. The van der Waals surface area contributed by atoms with Crippen molar-refractivity contribution in [3.63, 3.8) is 0 Å². The summed E-state index contributed by atoms with van der Waals surface area (Å²) in [7, 11) is 1.68. The lowest BCUT2D eigenvalue weighted by Gasteiger charge is -2.22. The van der Waals surface area contributed by atoms with Gasteiger partial charge in [-0.05, 0) is 64.9 Å². The number of aryl methyl sites for hydroxylation is 2. The van der Waals surface area contributed by atoms with E-state index in [1.54, 1.807) is 39.2 Å². The van der Waals surface area contributed by atoms with Gasteiger partial charge in [0.1, 0.15) is 17.0 Å². The minimum absolute atomic E-state index is 0.0145. The fourth-order valence-electron chi connectivity index (χ4n) is 5.22. The SMILES string of the molecule is COCCN1CCCN(C(=O)c2ccc(\N=C/C(F)=C(\N=C\N)c3cc(F)c4nc(C)n(C(C)C)c4c3)nc2C)CC1. The zero-order valence-electron chi connectivity index (χ0n) is 24.8. The Bertz CT molecular complexity index is 1530. The Balaban J connectivity index is 1.57. The first kappa shape index (κ1) is 30.9. The van der Waals surface area contributed by atoms with E-state index in [1.807, 2.05) is 23.3 Å². The first-order valence-electron chi connectivity index (χ1n) is 14.0. The standard InChI is InChI=1S/C30H38F2N8O2/c1-19(2)40-21(4)37-29-24(31)15-22(16-26(29)40)28(35-18-33)25(32)17-34-27-8-7-23(20(3)36-27)30(41)39-10-6-9-38(11-12-39)13-14-42-5/h7-8,15-19H,6,9-14H2,1-5H3,(H2,33,35)/b28-25+,34-17-. The number of halogens is 2. The van der Waals surface area contributed by atoms with Crippen LogP contribution in [0.1, 0.15) is 53.7 Å². The topological polar surface area (TPSA) is 114 Å². The Morgan fingerprint density at radius 1 is 1.17 bits per heavy atom. The summed E-state index contributed by atoms with van der Waals surface area (Å²) in [5.74, 6) is -0.654. The lowest BCUT2D eigenvalue weighted by molar-refractivity contribution is 0.0758. The molecule has 224 valence electrons. The van der Waals surface area contributed by atoms with Crippen molar-refractivity contribution in [2.75, 3.05) is 46.4 Å². The quantitative estimate of drug-likeness (QED) is 0.293. The van der Waals surface area contributed by atoms with E-state index in [9.17, 15) is 4.79 Å². The number of aromatic nitrogens is 3. The zero-order chi connectivity index (χ0) is 30.4. The van der Waals surface area contributed by atoms with Crippen LogP contribution in [0.15, 0.2) is 40.1 Å². The molecule has 2 N–H and O–H groups in total. The van der Waals surface area contributed by atoms with Crippen molar-refractivity contribution in [3.8, 4) is 0 Å². The molecule has 4 rings (SSSR count). The number of benzene rings is 1. The van der Waals surface area contributed by atoms with Gasteiger partial charge in [-0.1, -0.05) is 0 Å². The summed E-state index contributed by atoms with van der Waals surface area (Å²) in [6, 6.07) is 6.05. The van der Waals surface area contributed by atoms with E-state index in [0.29, 0.717) is 42.3 Å². The number of amides is 1. The number of methoxy groups -OCH3 is 1. The molecule has 1 aliphatic heterocycles. The number of imidazole rings is 1. The van der Waals surface area contributed by atoms with Crippen LogP contribution >= 0.6 is 0 Å². The first-order valence-corrected chi connectivity index (χ1v) is 14.0. The maximum absolute atomic E-state index is 15.4. The molecule has 1 fully saturated rings. The summed E-state index contributed by atoms with van der Waals surface area (Å²) in [4.78, 5) is 34.2. The van der Waals surface area contributed by atoms with Crippen LogP contribution < -0.4 is 5.73 Å². The molecule has 1 aromatic carbocycles. The Kier molecular flexibility index (Phi) is 10.1. The van der Waals surface area contributed by atoms with Crippen LogP contribution in [0, 0.1) is 19.7 Å². The second kappa shape index (κ2) is 13.8. The molecule has 1 aliphatic rings. The molecule has 3 aromatic rings. The summed E-state index contributed by atoms with van der Waals surface area (Å²) in [6.45, 7) is 11.9. The van der Waals surface area contributed by atoms with E-state index in [2.05, 4.69) is 24.9 Å². The van der Waals surface area contributed by atoms with E-state index in [-0.39, 0.29) is 34.5 Å². The molecule has 10 nitrogen and oxygen atoms in total. The number of nitrogens with zero attached hydrogens (tertiary/aromatic N) is 7. The molecule has 0 spiro atoms. The number of rotatable bonds is 9. The number of carbonyl (C=O) groups excluding carboxylic acids is 1. The largest absolute Gasteiger partial charge is 0.390 e. The van der Waals surface area contributed by atoms with Crippen LogP contribution in [0.4, 0.5) is 14.6 Å².